The number of rotatable bonds is 5. The molecule has 7 nitrogen and oxygen atoms in total. The van der Waals surface area contributed by atoms with Gasteiger partial charge in [0, 0.05) is 18.5 Å². The molecule has 7 heteroatoms. The molecule has 21 heavy (non-hydrogen) atoms. The zero-order valence-corrected chi connectivity index (χ0v) is 13.0. The van der Waals surface area contributed by atoms with E-state index in [0.29, 0.717) is 24.9 Å². The normalized spacial score (nSPS) is 23.5. The number of carbonyl (C=O) groups excluding carboxylic acids is 1. The van der Waals surface area contributed by atoms with E-state index in [1.54, 1.807) is 0 Å². The van der Waals surface area contributed by atoms with Crippen LogP contribution in [0.25, 0.3) is 0 Å². The van der Waals surface area contributed by atoms with Gasteiger partial charge in [0.2, 0.25) is 11.8 Å². The van der Waals surface area contributed by atoms with E-state index in [0.717, 1.165) is 19.4 Å². The van der Waals surface area contributed by atoms with Crippen LogP contribution in [-0.4, -0.2) is 46.7 Å². The van der Waals surface area contributed by atoms with Crippen LogP contribution in [0, 0.1) is 5.92 Å². The van der Waals surface area contributed by atoms with Gasteiger partial charge in [0.25, 0.3) is 0 Å². The average molecular weight is 295 g/mol. The van der Waals surface area contributed by atoms with Gasteiger partial charge in [-0.3, -0.25) is 15.0 Å². The van der Waals surface area contributed by atoms with Crippen LogP contribution in [0.5, 0.6) is 0 Å². The predicted octanol–water partition coefficient (Wildman–Crippen LogP) is 1.19. The number of piperidine rings is 1. The summed E-state index contributed by atoms with van der Waals surface area (Å²) in [6.45, 7) is 7.94. The Balaban J connectivity index is 1.88. The second kappa shape index (κ2) is 7.00. The van der Waals surface area contributed by atoms with Gasteiger partial charge in [-0.05, 0) is 25.3 Å². The number of nitrogens with one attached hydrogen (secondary N) is 1. The Labute approximate surface area is 125 Å². The van der Waals surface area contributed by atoms with E-state index < -0.39 is 0 Å². The van der Waals surface area contributed by atoms with Gasteiger partial charge in [0.1, 0.15) is 0 Å². The van der Waals surface area contributed by atoms with Gasteiger partial charge < -0.3 is 10.2 Å². The molecule has 0 aromatic carbocycles. The zero-order valence-electron chi connectivity index (χ0n) is 13.0. The van der Waals surface area contributed by atoms with Crippen LogP contribution in [0.2, 0.25) is 0 Å². The number of hydrogen-bond donors (Lipinski definition) is 2. The molecule has 0 saturated carbocycles. The van der Waals surface area contributed by atoms with Crippen LogP contribution in [0.15, 0.2) is 4.42 Å². The first-order chi connectivity index (χ1) is 9.99. The van der Waals surface area contributed by atoms with Crippen molar-refractivity contribution in [3.63, 3.8) is 0 Å². The molecule has 2 rings (SSSR count). The summed E-state index contributed by atoms with van der Waals surface area (Å²) in [5, 5.41) is 10.4. The van der Waals surface area contributed by atoms with Gasteiger partial charge >= 0.3 is 6.01 Å². The highest BCUT2D eigenvalue weighted by Crippen LogP contribution is 2.21. The van der Waals surface area contributed by atoms with Crippen molar-refractivity contribution in [1.82, 2.24) is 15.1 Å². The Morgan fingerprint density at radius 1 is 1.52 bits per heavy atom. The fourth-order valence-electron chi connectivity index (χ4n) is 2.62. The van der Waals surface area contributed by atoms with Crippen molar-refractivity contribution in [3.05, 3.63) is 5.89 Å². The molecular weight excluding hydrogens is 270 g/mol. The molecule has 1 aliphatic rings. The number of nitrogens with zero attached hydrogens (tertiary/aromatic N) is 3. The van der Waals surface area contributed by atoms with Gasteiger partial charge in [0.15, 0.2) is 0 Å². The molecule has 1 saturated heterocycles. The SMILES string of the molecule is CC1CCN(CC(=O)Nc2nnc(C(C)C)o2)C(CN)C1. The van der Waals surface area contributed by atoms with Crippen LogP contribution in [0.4, 0.5) is 6.01 Å². The minimum absolute atomic E-state index is 0.137. The highest BCUT2D eigenvalue weighted by molar-refractivity contribution is 5.90. The molecular formula is C14H25N5O2. The standard InChI is InChI=1S/C14H25N5O2/c1-9(2)13-17-18-14(21-13)16-12(20)8-19-5-4-10(3)6-11(19)7-15/h9-11H,4-8,15H2,1-3H3,(H,16,18,20). The molecule has 1 amide bonds. The maximum atomic E-state index is 12.1. The molecule has 1 fully saturated rings. The smallest absolute Gasteiger partial charge is 0.322 e. The molecule has 0 radical (unpaired) electrons. The average Bonchev–Trinajstić information content (AvgIpc) is 2.89. The number of likely N-dealkylation sites (tertiary alicyclic amines) is 1. The largest absolute Gasteiger partial charge is 0.408 e. The van der Waals surface area contributed by atoms with Crippen LogP contribution in [-0.2, 0) is 4.79 Å². The van der Waals surface area contributed by atoms with E-state index in [-0.39, 0.29) is 23.9 Å². The second-order valence-corrected chi connectivity index (χ2v) is 6.14. The molecule has 0 spiro atoms. The number of hydrogen-bond acceptors (Lipinski definition) is 6. The first-order valence-electron chi connectivity index (χ1n) is 7.57. The quantitative estimate of drug-likeness (QED) is 0.847. The van der Waals surface area contributed by atoms with Crippen molar-refractivity contribution in [2.45, 2.75) is 45.6 Å². The predicted molar refractivity (Wildman–Crippen MR) is 79.8 cm³/mol. The van der Waals surface area contributed by atoms with Crippen LogP contribution >= 0.6 is 0 Å². The van der Waals surface area contributed by atoms with Gasteiger partial charge in [-0.25, -0.2) is 0 Å². The molecule has 1 aromatic heterocycles. The Bertz CT molecular complexity index is 474. The summed E-state index contributed by atoms with van der Waals surface area (Å²) in [7, 11) is 0. The Morgan fingerprint density at radius 2 is 2.29 bits per heavy atom. The first-order valence-corrected chi connectivity index (χ1v) is 7.57. The summed E-state index contributed by atoms with van der Waals surface area (Å²) < 4.78 is 5.38. The third-order valence-corrected chi connectivity index (χ3v) is 3.90. The maximum Gasteiger partial charge on any atom is 0.322 e. The topological polar surface area (TPSA) is 97.3 Å². The van der Waals surface area contributed by atoms with Crippen molar-refractivity contribution >= 4 is 11.9 Å². The molecule has 1 aliphatic heterocycles. The van der Waals surface area contributed by atoms with E-state index in [1.807, 2.05) is 13.8 Å². The van der Waals surface area contributed by atoms with Crippen molar-refractivity contribution in [2.75, 3.05) is 25.0 Å². The lowest BCUT2D eigenvalue weighted by Gasteiger charge is -2.37. The first kappa shape index (κ1) is 15.9. The van der Waals surface area contributed by atoms with Crippen LogP contribution in [0.1, 0.15) is 45.4 Å². The molecule has 0 bridgehead atoms. The lowest BCUT2D eigenvalue weighted by molar-refractivity contribution is -0.118. The highest BCUT2D eigenvalue weighted by Gasteiger charge is 2.27. The molecule has 0 aliphatic carbocycles. The van der Waals surface area contributed by atoms with Crippen molar-refractivity contribution < 1.29 is 9.21 Å². The fraction of sp³-hybridized carbons (Fsp3) is 0.786. The minimum atomic E-state index is -0.137. The Kier molecular flexibility index (Phi) is 5.30. The minimum Gasteiger partial charge on any atom is -0.408 e. The maximum absolute atomic E-state index is 12.1. The summed E-state index contributed by atoms with van der Waals surface area (Å²) >= 11 is 0. The third-order valence-electron chi connectivity index (χ3n) is 3.90. The zero-order chi connectivity index (χ0) is 15.4. The van der Waals surface area contributed by atoms with Gasteiger partial charge in [-0.1, -0.05) is 25.9 Å². The summed E-state index contributed by atoms with van der Waals surface area (Å²) in [6.07, 6.45) is 2.14. The molecule has 1 aromatic rings. The van der Waals surface area contributed by atoms with Gasteiger partial charge in [-0.2, -0.15) is 0 Å². The number of aromatic nitrogens is 2. The van der Waals surface area contributed by atoms with Crippen molar-refractivity contribution in [1.29, 1.82) is 0 Å². The van der Waals surface area contributed by atoms with E-state index in [4.69, 9.17) is 10.2 Å². The fourth-order valence-corrected chi connectivity index (χ4v) is 2.62. The Morgan fingerprint density at radius 3 is 2.90 bits per heavy atom. The lowest BCUT2D eigenvalue weighted by atomic mass is 9.92. The summed E-state index contributed by atoms with van der Waals surface area (Å²) in [5.74, 6) is 1.20. The molecule has 3 N–H and O–H groups in total. The van der Waals surface area contributed by atoms with Crippen LogP contribution < -0.4 is 11.1 Å². The monoisotopic (exact) mass is 295 g/mol. The molecule has 2 atom stereocenters. The summed E-state index contributed by atoms with van der Waals surface area (Å²) in [5.41, 5.74) is 5.81. The molecule has 2 unspecified atom stereocenters. The highest BCUT2D eigenvalue weighted by atomic mass is 16.4. The molecule has 118 valence electrons. The molecule has 2 heterocycles. The van der Waals surface area contributed by atoms with Crippen LogP contribution in [0.3, 0.4) is 0 Å². The van der Waals surface area contributed by atoms with E-state index in [2.05, 4.69) is 27.3 Å². The van der Waals surface area contributed by atoms with E-state index in [1.165, 1.54) is 0 Å². The van der Waals surface area contributed by atoms with E-state index >= 15 is 0 Å². The van der Waals surface area contributed by atoms with Crippen molar-refractivity contribution in [3.8, 4) is 0 Å². The number of nitrogens with two attached hydrogens (primary N) is 1. The van der Waals surface area contributed by atoms with Gasteiger partial charge in [0.05, 0.1) is 6.54 Å². The summed E-state index contributed by atoms with van der Waals surface area (Å²) in [4.78, 5) is 14.2. The van der Waals surface area contributed by atoms with Gasteiger partial charge in [-0.15, -0.1) is 5.10 Å². The number of anilines is 1. The second-order valence-electron chi connectivity index (χ2n) is 6.14. The lowest BCUT2D eigenvalue weighted by Crippen LogP contribution is -2.49. The van der Waals surface area contributed by atoms with Crippen molar-refractivity contribution in [2.24, 2.45) is 11.7 Å². The summed E-state index contributed by atoms with van der Waals surface area (Å²) in [6, 6.07) is 0.437. The number of amides is 1. The Hall–Kier alpha value is -1.47. The number of carbonyl (C=O) groups is 1. The third kappa shape index (κ3) is 4.25. The van der Waals surface area contributed by atoms with E-state index in [9.17, 15) is 4.79 Å².